The highest BCUT2D eigenvalue weighted by atomic mass is 35.5. The number of carbonyl (C=O) groups excluding carboxylic acids is 2. The van der Waals surface area contributed by atoms with Crippen molar-refractivity contribution in [2.45, 2.75) is 40.3 Å². The van der Waals surface area contributed by atoms with Crippen LogP contribution < -0.4 is 5.32 Å². The number of carbonyl (C=O) groups is 2. The molecular weight excluding hydrogens is 426 g/mol. The van der Waals surface area contributed by atoms with E-state index in [2.05, 4.69) is 10.4 Å². The van der Waals surface area contributed by atoms with E-state index < -0.39 is 18.0 Å². The number of aromatic nitrogens is 2. The molecule has 1 N–H and O–H groups in total. The number of amides is 1. The molecule has 0 aliphatic heterocycles. The van der Waals surface area contributed by atoms with Gasteiger partial charge in [0.25, 0.3) is 5.91 Å². The van der Waals surface area contributed by atoms with E-state index in [9.17, 15) is 9.59 Å². The lowest BCUT2D eigenvalue weighted by molar-refractivity contribution is -0.148. The summed E-state index contributed by atoms with van der Waals surface area (Å²) >= 11 is 6.49. The summed E-state index contributed by atoms with van der Waals surface area (Å²) < 4.78 is 6.92. The fourth-order valence-electron chi connectivity index (χ4n) is 3.09. The van der Waals surface area contributed by atoms with Crippen LogP contribution in [0.15, 0.2) is 54.6 Å². The van der Waals surface area contributed by atoms with Crippen molar-refractivity contribution in [3.63, 3.8) is 0 Å². The Morgan fingerprint density at radius 2 is 1.81 bits per heavy atom. The Kier molecular flexibility index (Phi) is 7.49. The summed E-state index contributed by atoms with van der Waals surface area (Å²) in [7, 11) is 0. The molecule has 0 saturated heterocycles. The number of ether oxygens (including phenoxy) is 1. The molecule has 1 unspecified atom stereocenters. The van der Waals surface area contributed by atoms with Gasteiger partial charge in [0.1, 0.15) is 5.15 Å². The van der Waals surface area contributed by atoms with E-state index >= 15 is 0 Å². The number of rotatable bonds is 7. The van der Waals surface area contributed by atoms with Gasteiger partial charge in [-0.25, -0.2) is 9.48 Å². The van der Waals surface area contributed by atoms with Gasteiger partial charge in [0, 0.05) is 17.3 Å². The number of hydrogen-bond acceptors (Lipinski definition) is 4. The molecule has 0 fully saturated rings. The summed E-state index contributed by atoms with van der Waals surface area (Å²) in [5, 5.41) is 7.66. The molecule has 166 valence electrons. The fraction of sp³-hybridized carbons (Fsp3) is 0.240. The number of para-hydroxylation sites is 1. The Labute approximate surface area is 192 Å². The van der Waals surface area contributed by atoms with Crippen LogP contribution >= 0.6 is 11.6 Å². The molecule has 7 heteroatoms. The summed E-state index contributed by atoms with van der Waals surface area (Å²) in [5.41, 5.74) is 5.18. The van der Waals surface area contributed by atoms with Gasteiger partial charge in [-0.15, -0.1) is 0 Å². The van der Waals surface area contributed by atoms with Crippen molar-refractivity contribution in [1.29, 1.82) is 0 Å². The first kappa shape index (κ1) is 23.3. The van der Waals surface area contributed by atoms with Gasteiger partial charge in [0.2, 0.25) is 0 Å². The zero-order valence-corrected chi connectivity index (χ0v) is 19.3. The summed E-state index contributed by atoms with van der Waals surface area (Å²) in [6.45, 7) is 7.79. The Morgan fingerprint density at radius 3 is 2.50 bits per heavy atom. The predicted octanol–water partition coefficient (Wildman–Crippen LogP) is 5.09. The minimum absolute atomic E-state index is 0.402. The molecule has 2 aromatic carbocycles. The first-order chi connectivity index (χ1) is 15.2. The third kappa shape index (κ3) is 5.86. The zero-order chi connectivity index (χ0) is 23.3. The molecule has 6 nitrogen and oxygen atoms in total. The van der Waals surface area contributed by atoms with Gasteiger partial charge >= 0.3 is 5.97 Å². The van der Waals surface area contributed by atoms with Gasteiger partial charge in [-0.3, -0.25) is 4.79 Å². The van der Waals surface area contributed by atoms with Crippen molar-refractivity contribution in [3.05, 3.63) is 87.7 Å². The van der Waals surface area contributed by atoms with Gasteiger partial charge in [-0.2, -0.15) is 5.10 Å². The molecule has 1 heterocycles. The second-order valence-corrected chi connectivity index (χ2v) is 8.01. The van der Waals surface area contributed by atoms with Crippen LogP contribution in [0.2, 0.25) is 5.15 Å². The Hall–Kier alpha value is -3.38. The number of benzene rings is 2. The summed E-state index contributed by atoms with van der Waals surface area (Å²) in [5.74, 6) is -1.04. The average molecular weight is 452 g/mol. The smallest absolute Gasteiger partial charge is 0.331 e. The van der Waals surface area contributed by atoms with E-state index in [1.165, 1.54) is 18.6 Å². The Bertz CT molecular complexity index is 1150. The minimum atomic E-state index is -0.951. The van der Waals surface area contributed by atoms with Crippen molar-refractivity contribution in [3.8, 4) is 0 Å². The lowest BCUT2D eigenvalue weighted by Gasteiger charge is -2.13. The molecule has 1 amide bonds. The predicted molar refractivity (Wildman–Crippen MR) is 127 cm³/mol. The van der Waals surface area contributed by atoms with Gasteiger partial charge in [0.15, 0.2) is 6.10 Å². The third-order valence-corrected chi connectivity index (χ3v) is 5.41. The van der Waals surface area contributed by atoms with Crippen LogP contribution in [0.1, 0.15) is 34.9 Å². The maximum atomic E-state index is 12.3. The number of nitrogens with one attached hydrogen (secondary N) is 1. The highest BCUT2D eigenvalue weighted by molar-refractivity contribution is 6.31. The average Bonchev–Trinajstić information content (AvgIpc) is 3.02. The second kappa shape index (κ2) is 10.3. The highest BCUT2D eigenvalue weighted by Gasteiger charge is 2.18. The Balaban J connectivity index is 1.62. The minimum Gasteiger partial charge on any atom is -0.449 e. The van der Waals surface area contributed by atoms with E-state index in [0.29, 0.717) is 28.6 Å². The maximum Gasteiger partial charge on any atom is 0.331 e. The number of aryl methyl sites for hydroxylation is 3. The number of esters is 1. The number of hydrogen-bond donors (Lipinski definition) is 1. The number of nitrogens with zero attached hydrogens (tertiary/aromatic N) is 2. The largest absolute Gasteiger partial charge is 0.449 e. The molecule has 0 radical (unpaired) electrons. The van der Waals surface area contributed by atoms with Crippen molar-refractivity contribution < 1.29 is 14.3 Å². The zero-order valence-electron chi connectivity index (χ0n) is 18.6. The van der Waals surface area contributed by atoms with Crippen molar-refractivity contribution >= 4 is 35.2 Å². The topological polar surface area (TPSA) is 73.2 Å². The summed E-state index contributed by atoms with van der Waals surface area (Å²) in [4.78, 5) is 24.6. The molecular formula is C25H26ClN3O3. The van der Waals surface area contributed by atoms with Crippen molar-refractivity contribution in [2.75, 3.05) is 5.32 Å². The normalized spacial score (nSPS) is 12.0. The first-order valence-electron chi connectivity index (χ1n) is 10.3. The van der Waals surface area contributed by atoms with Gasteiger partial charge in [0.05, 0.1) is 12.2 Å². The monoisotopic (exact) mass is 451 g/mol. The molecule has 32 heavy (non-hydrogen) atoms. The van der Waals surface area contributed by atoms with Crippen molar-refractivity contribution in [1.82, 2.24) is 9.78 Å². The standard InChI is InChI=1S/C25H26ClN3O3/c1-16-9-11-20(12-10-16)15-29-24(26)21(18(3)28-29)13-14-23(30)32-19(4)25(31)27-22-8-6-5-7-17(22)2/h5-14,19H,15H2,1-4H3,(H,27,31)/b14-13+. The second-order valence-electron chi connectivity index (χ2n) is 7.65. The van der Waals surface area contributed by atoms with E-state index in [4.69, 9.17) is 16.3 Å². The molecule has 1 aromatic heterocycles. The van der Waals surface area contributed by atoms with E-state index in [1.54, 1.807) is 16.8 Å². The van der Waals surface area contributed by atoms with E-state index in [-0.39, 0.29) is 0 Å². The van der Waals surface area contributed by atoms with Gasteiger partial charge < -0.3 is 10.1 Å². The quantitative estimate of drug-likeness (QED) is 0.401. The summed E-state index contributed by atoms with van der Waals surface area (Å²) in [6.07, 6.45) is 1.86. The maximum absolute atomic E-state index is 12.3. The molecule has 0 aliphatic carbocycles. The van der Waals surface area contributed by atoms with Crippen LogP contribution in [0.25, 0.3) is 6.08 Å². The van der Waals surface area contributed by atoms with Crippen LogP contribution in [0.5, 0.6) is 0 Å². The Morgan fingerprint density at radius 1 is 1.12 bits per heavy atom. The number of anilines is 1. The molecule has 0 spiro atoms. The van der Waals surface area contributed by atoms with Crippen LogP contribution in [-0.2, 0) is 20.9 Å². The van der Waals surface area contributed by atoms with Crippen LogP contribution in [0.3, 0.4) is 0 Å². The van der Waals surface area contributed by atoms with Crippen LogP contribution in [0.4, 0.5) is 5.69 Å². The molecule has 3 rings (SSSR count). The number of halogens is 1. The van der Waals surface area contributed by atoms with E-state index in [1.807, 2.05) is 63.2 Å². The molecule has 0 bridgehead atoms. The SMILES string of the molecule is Cc1ccc(Cn2nc(C)c(/C=C/C(=O)OC(C)C(=O)Nc3ccccc3C)c2Cl)cc1. The molecule has 3 aromatic rings. The lowest BCUT2D eigenvalue weighted by Crippen LogP contribution is -2.29. The first-order valence-corrected chi connectivity index (χ1v) is 10.7. The lowest BCUT2D eigenvalue weighted by atomic mass is 10.1. The molecule has 0 aliphatic rings. The van der Waals surface area contributed by atoms with Gasteiger partial charge in [-0.05, 0) is 51.0 Å². The fourth-order valence-corrected chi connectivity index (χ4v) is 3.39. The van der Waals surface area contributed by atoms with Crippen LogP contribution in [0, 0.1) is 20.8 Å². The third-order valence-electron chi connectivity index (χ3n) is 5.01. The summed E-state index contributed by atoms with van der Waals surface area (Å²) in [6, 6.07) is 15.5. The van der Waals surface area contributed by atoms with Crippen LogP contribution in [-0.4, -0.2) is 27.8 Å². The highest BCUT2D eigenvalue weighted by Crippen LogP contribution is 2.22. The van der Waals surface area contributed by atoms with E-state index in [0.717, 1.165) is 11.1 Å². The van der Waals surface area contributed by atoms with Gasteiger partial charge in [-0.1, -0.05) is 59.6 Å². The molecule has 0 saturated carbocycles. The molecule has 1 atom stereocenters. The van der Waals surface area contributed by atoms with Crippen molar-refractivity contribution in [2.24, 2.45) is 0 Å².